The summed E-state index contributed by atoms with van der Waals surface area (Å²) in [5, 5.41) is 2.82. The highest BCUT2D eigenvalue weighted by molar-refractivity contribution is 5.91. The van der Waals surface area contributed by atoms with Gasteiger partial charge in [-0.1, -0.05) is 24.3 Å². The summed E-state index contributed by atoms with van der Waals surface area (Å²) >= 11 is 0. The molecule has 1 aliphatic heterocycles. The molecule has 0 fully saturated rings. The van der Waals surface area contributed by atoms with Crippen LogP contribution in [0.3, 0.4) is 0 Å². The van der Waals surface area contributed by atoms with E-state index in [0.29, 0.717) is 5.69 Å². The number of nitrogens with one attached hydrogen (secondary N) is 1. The number of anilines is 1. The summed E-state index contributed by atoms with van der Waals surface area (Å²) in [5.41, 5.74) is 2.65. The standard InChI is InChI=1S/C18H17N3O2/c1-13(22)21-10-8-14-5-2-3-7-16(14)17(21)11-18(23)20-15-6-4-9-19-12-15/h2-10,12,17H,11H2,1H3,(H,20,23). The number of hydrogen-bond acceptors (Lipinski definition) is 3. The highest BCUT2D eigenvalue weighted by Gasteiger charge is 2.28. The van der Waals surface area contributed by atoms with Gasteiger partial charge in [-0.25, -0.2) is 0 Å². The van der Waals surface area contributed by atoms with Crippen LogP contribution in [0.5, 0.6) is 0 Å². The Bertz CT molecular complexity index is 756. The predicted molar refractivity (Wildman–Crippen MR) is 88.2 cm³/mol. The van der Waals surface area contributed by atoms with E-state index in [1.807, 2.05) is 30.3 Å². The van der Waals surface area contributed by atoms with Crippen molar-refractivity contribution in [2.75, 3.05) is 5.32 Å². The molecule has 23 heavy (non-hydrogen) atoms. The van der Waals surface area contributed by atoms with Crippen molar-refractivity contribution in [2.45, 2.75) is 19.4 Å². The highest BCUT2D eigenvalue weighted by Crippen LogP contribution is 2.33. The molecule has 1 aromatic heterocycles. The first-order valence-electron chi connectivity index (χ1n) is 7.41. The van der Waals surface area contributed by atoms with Crippen LogP contribution in [-0.4, -0.2) is 21.7 Å². The summed E-state index contributed by atoms with van der Waals surface area (Å²) < 4.78 is 0. The molecule has 0 saturated heterocycles. The Hall–Kier alpha value is -2.95. The van der Waals surface area contributed by atoms with Crippen LogP contribution in [0.25, 0.3) is 6.08 Å². The van der Waals surface area contributed by atoms with E-state index in [2.05, 4.69) is 10.3 Å². The SMILES string of the molecule is CC(=O)N1C=Cc2ccccc2C1CC(=O)Nc1cccnc1. The van der Waals surface area contributed by atoms with Gasteiger partial charge in [0.15, 0.2) is 0 Å². The summed E-state index contributed by atoms with van der Waals surface area (Å²) in [4.78, 5) is 29.8. The van der Waals surface area contributed by atoms with Gasteiger partial charge in [0.05, 0.1) is 24.3 Å². The largest absolute Gasteiger partial charge is 0.325 e. The number of aromatic nitrogens is 1. The summed E-state index contributed by atoms with van der Waals surface area (Å²) in [6.45, 7) is 1.50. The quantitative estimate of drug-likeness (QED) is 0.948. The van der Waals surface area contributed by atoms with Crippen LogP contribution in [0.1, 0.15) is 30.5 Å². The molecule has 5 nitrogen and oxygen atoms in total. The minimum atomic E-state index is -0.301. The maximum Gasteiger partial charge on any atom is 0.226 e. The van der Waals surface area contributed by atoms with E-state index in [0.717, 1.165) is 11.1 Å². The Morgan fingerprint density at radius 2 is 2.04 bits per heavy atom. The van der Waals surface area contributed by atoms with Crippen molar-refractivity contribution in [3.8, 4) is 0 Å². The molecule has 2 aromatic rings. The summed E-state index contributed by atoms with van der Waals surface area (Å²) in [5.74, 6) is -0.241. The van der Waals surface area contributed by atoms with E-state index in [-0.39, 0.29) is 24.3 Å². The van der Waals surface area contributed by atoms with Crippen LogP contribution in [0.15, 0.2) is 55.0 Å². The molecule has 5 heteroatoms. The van der Waals surface area contributed by atoms with Crippen LogP contribution in [0.4, 0.5) is 5.69 Å². The number of fused-ring (bicyclic) bond motifs is 1. The van der Waals surface area contributed by atoms with E-state index in [4.69, 9.17) is 0 Å². The van der Waals surface area contributed by atoms with Gasteiger partial charge in [0.1, 0.15) is 0 Å². The monoisotopic (exact) mass is 307 g/mol. The maximum absolute atomic E-state index is 12.4. The lowest BCUT2D eigenvalue weighted by molar-refractivity contribution is -0.129. The Labute approximate surface area is 134 Å². The Balaban J connectivity index is 1.82. The zero-order chi connectivity index (χ0) is 16.2. The minimum Gasteiger partial charge on any atom is -0.325 e. The Morgan fingerprint density at radius 3 is 2.78 bits per heavy atom. The van der Waals surface area contributed by atoms with Gasteiger partial charge < -0.3 is 10.2 Å². The molecule has 1 N–H and O–H groups in total. The predicted octanol–water partition coefficient (Wildman–Crippen LogP) is 2.98. The molecule has 1 aromatic carbocycles. The third-order valence-electron chi connectivity index (χ3n) is 3.79. The third kappa shape index (κ3) is 3.29. The van der Waals surface area contributed by atoms with Crippen molar-refractivity contribution in [3.05, 3.63) is 66.1 Å². The molecule has 116 valence electrons. The van der Waals surface area contributed by atoms with Gasteiger partial charge in [-0.15, -0.1) is 0 Å². The zero-order valence-electron chi connectivity index (χ0n) is 12.8. The van der Waals surface area contributed by atoms with Crippen molar-refractivity contribution in [1.82, 2.24) is 9.88 Å². The van der Waals surface area contributed by atoms with Gasteiger partial charge >= 0.3 is 0 Å². The van der Waals surface area contributed by atoms with Crippen LogP contribution in [-0.2, 0) is 9.59 Å². The third-order valence-corrected chi connectivity index (χ3v) is 3.79. The van der Waals surface area contributed by atoms with E-state index in [1.165, 1.54) is 6.92 Å². The number of nitrogens with zero attached hydrogens (tertiary/aromatic N) is 2. The lowest BCUT2D eigenvalue weighted by Crippen LogP contribution is -2.33. The van der Waals surface area contributed by atoms with Crippen molar-refractivity contribution < 1.29 is 9.59 Å². The summed E-state index contributed by atoms with van der Waals surface area (Å²) in [6, 6.07) is 11.0. The first kappa shape index (κ1) is 15.0. The first-order chi connectivity index (χ1) is 11.1. The molecule has 1 unspecified atom stereocenters. The van der Waals surface area contributed by atoms with Crippen molar-refractivity contribution in [3.63, 3.8) is 0 Å². The van der Waals surface area contributed by atoms with Crippen molar-refractivity contribution >= 4 is 23.6 Å². The van der Waals surface area contributed by atoms with Gasteiger partial charge in [0, 0.05) is 19.3 Å². The summed E-state index contributed by atoms with van der Waals surface area (Å²) in [6.07, 6.45) is 7.07. The van der Waals surface area contributed by atoms with Crippen LogP contribution >= 0.6 is 0 Å². The first-order valence-corrected chi connectivity index (χ1v) is 7.41. The molecular weight excluding hydrogens is 290 g/mol. The van der Waals surface area contributed by atoms with Crippen molar-refractivity contribution in [2.24, 2.45) is 0 Å². The molecule has 2 amide bonds. The number of benzene rings is 1. The molecule has 0 bridgehead atoms. The normalized spacial score (nSPS) is 15.9. The second-order valence-corrected chi connectivity index (χ2v) is 5.38. The van der Waals surface area contributed by atoms with Crippen LogP contribution in [0.2, 0.25) is 0 Å². The number of carbonyl (C=O) groups excluding carboxylic acids is 2. The molecule has 0 radical (unpaired) electrons. The van der Waals surface area contributed by atoms with E-state index >= 15 is 0 Å². The van der Waals surface area contributed by atoms with E-state index in [1.54, 1.807) is 35.6 Å². The average molecular weight is 307 g/mol. The fourth-order valence-corrected chi connectivity index (χ4v) is 2.74. The highest BCUT2D eigenvalue weighted by atomic mass is 16.2. The van der Waals surface area contributed by atoms with Gasteiger partial charge in [0.25, 0.3) is 0 Å². The summed E-state index contributed by atoms with van der Waals surface area (Å²) in [7, 11) is 0. The second kappa shape index (κ2) is 6.44. The topological polar surface area (TPSA) is 62.3 Å². The maximum atomic E-state index is 12.4. The fourth-order valence-electron chi connectivity index (χ4n) is 2.74. The number of pyridine rings is 1. The minimum absolute atomic E-state index is 0.0880. The lowest BCUT2D eigenvalue weighted by Gasteiger charge is -2.32. The molecule has 1 atom stereocenters. The fraction of sp³-hybridized carbons (Fsp3) is 0.167. The molecule has 2 heterocycles. The van der Waals surface area contributed by atoms with Gasteiger partial charge in [-0.2, -0.15) is 0 Å². The lowest BCUT2D eigenvalue weighted by atomic mass is 9.93. The van der Waals surface area contributed by atoms with Crippen LogP contribution in [0, 0.1) is 0 Å². The number of hydrogen-bond donors (Lipinski definition) is 1. The Kier molecular flexibility index (Phi) is 4.19. The second-order valence-electron chi connectivity index (χ2n) is 5.38. The van der Waals surface area contributed by atoms with Gasteiger partial charge in [-0.3, -0.25) is 14.6 Å². The van der Waals surface area contributed by atoms with E-state index < -0.39 is 0 Å². The van der Waals surface area contributed by atoms with Gasteiger partial charge in [0.2, 0.25) is 11.8 Å². The zero-order valence-corrected chi connectivity index (χ0v) is 12.8. The van der Waals surface area contributed by atoms with Crippen molar-refractivity contribution in [1.29, 1.82) is 0 Å². The average Bonchev–Trinajstić information content (AvgIpc) is 2.55. The molecular formula is C18H17N3O2. The van der Waals surface area contributed by atoms with E-state index in [9.17, 15) is 9.59 Å². The molecule has 3 rings (SSSR count). The van der Waals surface area contributed by atoms with Gasteiger partial charge in [-0.05, 0) is 29.3 Å². The Morgan fingerprint density at radius 1 is 1.22 bits per heavy atom. The molecule has 0 aliphatic carbocycles. The number of rotatable bonds is 3. The molecule has 0 saturated carbocycles. The molecule has 0 spiro atoms. The smallest absolute Gasteiger partial charge is 0.226 e. The number of amides is 2. The molecule has 1 aliphatic rings. The number of carbonyl (C=O) groups is 2. The van der Waals surface area contributed by atoms with Crippen LogP contribution < -0.4 is 5.32 Å².